The fourth-order valence-corrected chi connectivity index (χ4v) is 7.68. The van der Waals surface area contributed by atoms with E-state index in [1.54, 1.807) is 109 Å². The molecule has 0 heterocycles. The Balaban J connectivity index is 1.17. The number of hydrogen-bond acceptors (Lipinski definition) is 9. The van der Waals surface area contributed by atoms with Gasteiger partial charge in [0.05, 0.1) is 32.6 Å². The molecule has 0 saturated carbocycles. The van der Waals surface area contributed by atoms with E-state index in [2.05, 4.69) is 16.0 Å². The van der Waals surface area contributed by atoms with Gasteiger partial charge in [-0.3, -0.25) is 24.0 Å². The van der Waals surface area contributed by atoms with E-state index in [9.17, 15) is 24.0 Å². The van der Waals surface area contributed by atoms with Gasteiger partial charge in [0, 0.05) is 44.5 Å². The Morgan fingerprint density at radius 2 is 1.22 bits per heavy atom. The normalized spacial score (nSPS) is 12.4. The molecule has 59 heavy (non-hydrogen) atoms. The van der Waals surface area contributed by atoms with Crippen LogP contribution < -0.4 is 30.2 Å². The Hall–Kier alpha value is -7.44. The zero-order chi connectivity index (χ0) is 41.5. The average molecular weight is 804 g/mol. The molecule has 1 aliphatic rings. The number of fused-ring (bicyclic) bond motifs is 2. The Labute approximate surface area is 344 Å². The molecular formula is C47H37N3O8S. The van der Waals surface area contributed by atoms with Gasteiger partial charge in [0.15, 0.2) is 23.1 Å². The van der Waals surface area contributed by atoms with Crippen molar-refractivity contribution in [3.8, 4) is 17.2 Å². The van der Waals surface area contributed by atoms with Crippen molar-refractivity contribution in [1.29, 1.82) is 0 Å². The van der Waals surface area contributed by atoms with E-state index in [1.807, 2.05) is 30.3 Å². The summed E-state index contributed by atoms with van der Waals surface area (Å²) in [4.78, 5) is 69.4. The molecule has 3 N–H and O–H groups in total. The molecule has 0 aromatic heterocycles. The Morgan fingerprint density at radius 3 is 1.92 bits per heavy atom. The predicted molar refractivity (Wildman–Crippen MR) is 226 cm³/mol. The highest BCUT2D eigenvalue weighted by Gasteiger charge is 2.33. The number of thioether (sulfide) groups is 1. The minimum atomic E-state index is -0.821. The molecule has 6 aromatic carbocycles. The van der Waals surface area contributed by atoms with E-state index in [0.29, 0.717) is 50.1 Å². The highest BCUT2D eigenvalue weighted by atomic mass is 32.2. The maximum Gasteiger partial charge on any atom is 0.272 e. The molecule has 0 fully saturated rings. The van der Waals surface area contributed by atoms with Gasteiger partial charge in [-0.05, 0) is 54.1 Å². The number of rotatable bonds is 13. The SMILES string of the molecule is COc1cc(OC)c(OC)cc1/C=C(/NC(=O)c1ccccc1)C(=O)Nc1cccc(SC(C(=O)Nc2cccc3c2C(=O)c2ccccc2C3=O)c2ccccc2)c1. The molecule has 1 atom stereocenters. The molecule has 3 amide bonds. The molecule has 0 spiro atoms. The fraction of sp³-hybridized carbons (Fsp3) is 0.0851. The highest BCUT2D eigenvalue weighted by Crippen LogP contribution is 2.39. The monoisotopic (exact) mass is 803 g/mol. The third kappa shape index (κ3) is 8.63. The van der Waals surface area contributed by atoms with Gasteiger partial charge in [-0.1, -0.05) is 91.0 Å². The van der Waals surface area contributed by atoms with Gasteiger partial charge in [-0.25, -0.2) is 0 Å². The van der Waals surface area contributed by atoms with Crippen LogP contribution in [0.3, 0.4) is 0 Å². The number of nitrogens with one attached hydrogen (secondary N) is 3. The minimum Gasteiger partial charge on any atom is -0.496 e. The number of methoxy groups -OCH3 is 3. The average Bonchev–Trinajstić information content (AvgIpc) is 3.27. The Bertz CT molecular complexity index is 2630. The van der Waals surface area contributed by atoms with Gasteiger partial charge in [0.25, 0.3) is 11.8 Å². The number of anilines is 2. The van der Waals surface area contributed by atoms with Gasteiger partial charge in [-0.2, -0.15) is 0 Å². The number of amides is 3. The molecule has 0 saturated heterocycles. The summed E-state index contributed by atoms with van der Waals surface area (Å²) in [7, 11) is 4.45. The zero-order valence-electron chi connectivity index (χ0n) is 32.1. The van der Waals surface area contributed by atoms with Crippen LogP contribution in [0.15, 0.2) is 150 Å². The number of benzene rings is 6. The topological polar surface area (TPSA) is 149 Å². The summed E-state index contributed by atoms with van der Waals surface area (Å²) in [5.41, 5.74) is 2.92. The molecule has 0 radical (unpaired) electrons. The van der Waals surface area contributed by atoms with E-state index in [-0.39, 0.29) is 39.6 Å². The van der Waals surface area contributed by atoms with E-state index in [1.165, 1.54) is 39.2 Å². The molecule has 1 aliphatic carbocycles. The first kappa shape index (κ1) is 39.8. The number of carbonyl (C=O) groups excluding carboxylic acids is 5. The first-order chi connectivity index (χ1) is 28.7. The van der Waals surface area contributed by atoms with Crippen LogP contribution in [0.4, 0.5) is 11.4 Å². The second-order valence-corrected chi connectivity index (χ2v) is 14.3. The van der Waals surface area contributed by atoms with Crippen LogP contribution in [0, 0.1) is 0 Å². The van der Waals surface area contributed by atoms with Crippen molar-refractivity contribution in [2.75, 3.05) is 32.0 Å². The summed E-state index contributed by atoms with van der Waals surface area (Å²) in [5.74, 6) is -1.06. The molecule has 294 valence electrons. The van der Waals surface area contributed by atoms with Crippen molar-refractivity contribution in [3.05, 3.63) is 184 Å². The van der Waals surface area contributed by atoms with Gasteiger partial charge in [0.2, 0.25) is 5.91 Å². The number of hydrogen-bond donors (Lipinski definition) is 3. The van der Waals surface area contributed by atoms with Crippen LogP contribution in [0.1, 0.15) is 58.6 Å². The summed E-state index contributed by atoms with van der Waals surface area (Å²) in [6.07, 6.45) is 1.48. The van der Waals surface area contributed by atoms with Crippen LogP contribution in [0.25, 0.3) is 6.08 Å². The first-order valence-corrected chi connectivity index (χ1v) is 19.2. The smallest absolute Gasteiger partial charge is 0.272 e. The van der Waals surface area contributed by atoms with E-state index < -0.39 is 23.0 Å². The van der Waals surface area contributed by atoms with E-state index in [4.69, 9.17) is 14.2 Å². The maximum atomic E-state index is 14.2. The molecule has 6 aromatic rings. The van der Waals surface area contributed by atoms with Gasteiger partial charge in [0.1, 0.15) is 16.7 Å². The van der Waals surface area contributed by atoms with Crippen molar-refractivity contribution in [2.24, 2.45) is 0 Å². The summed E-state index contributed by atoms with van der Waals surface area (Å²) >= 11 is 1.23. The van der Waals surface area contributed by atoms with Gasteiger partial charge >= 0.3 is 0 Å². The third-order valence-electron chi connectivity index (χ3n) is 9.46. The predicted octanol–water partition coefficient (Wildman–Crippen LogP) is 8.37. The van der Waals surface area contributed by atoms with E-state index in [0.717, 1.165) is 0 Å². The third-order valence-corrected chi connectivity index (χ3v) is 10.7. The maximum absolute atomic E-state index is 14.2. The lowest BCUT2D eigenvalue weighted by molar-refractivity contribution is -0.116. The molecule has 1 unspecified atom stereocenters. The van der Waals surface area contributed by atoms with Crippen LogP contribution in [0.5, 0.6) is 17.2 Å². The molecule has 7 rings (SSSR count). The summed E-state index contributed by atoms with van der Waals surface area (Å²) in [6, 6.07) is 39.2. The lowest BCUT2D eigenvalue weighted by atomic mass is 9.83. The van der Waals surface area contributed by atoms with Crippen LogP contribution >= 0.6 is 11.8 Å². The van der Waals surface area contributed by atoms with Crippen LogP contribution in [0.2, 0.25) is 0 Å². The number of ether oxygens (including phenoxy) is 3. The highest BCUT2D eigenvalue weighted by molar-refractivity contribution is 8.00. The molecular weight excluding hydrogens is 767 g/mol. The zero-order valence-corrected chi connectivity index (χ0v) is 32.9. The molecule has 11 nitrogen and oxygen atoms in total. The van der Waals surface area contributed by atoms with Gasteiger partial charge in [-0.15, -0.1) is 11.8 Å². The Morgan fingerprint density at radius 1 is 0.610 bits per heavy atom. The summed E-state index contributed by atoms with van der Waals surface area (Å²) in [6.45, 7) is 0. The van der Waals surface area contributed by atoms with Crippen LogP contribution in [-0.2, 0) is 9.59 Å². The Kier molecular flexibility index (Phi) is 12.0. The lowest BCUT2D eigenvalue weighted by Gasteiger charge is -2.22. The second-order valence-electron chi connectivity index (χ2n) is 13.1. The van der Waals surface area contributed by atoms with E-state index >= 15 is 0 Å². The van der Waals surface area contributed by atoms with Crippen molar-refractivity contribution >= 4 is 58.5 Å². The summed E-state index contributed by atoms with van der Waals surface area (Å²) in [5, 5.41) is 7.73. The molecule has 0 aliphatic heterocycles. The van der Waals surface area contributed by atoms with Crippen molar-refractivity contribution in [1.82, 2.24) is 5.32 Å². The van der Waals surface area contributed by atoms with Gasteiger partial charge < -0.3 is 30.2 Å². The number of carbonyl (C=O) groups is 5. The quantitative estimate of drug-likeness (QED) is 0.0772. The van der Waals surface area contributed by atoms with Crippen molar-refractivity contribution in [3.63, 3.8) is 0 Å². The second kappa shape index (κ2) is 17.8. The fourth-order valence-electron chi connectivity index (χ4n) is 6.59. The molecule has 12 heteroatoms. The minimum absolute atomic E-state index is 0.0918. The molecule has 0 bridgehead atoms. The standard InChI is InChI=1S/C47H37N3O8S/c1-56-38-27-40(58-3)39(57-2)25-30(38)24-37(50-45(53)29-16-8-5-9-17-29)46(54)48-31-18-12-19-32(26-31)59-44(28-14-6-4-7-15-28)47(55)49-36-23-13-22-35-41(36)43(52)34-21-11-10-20-33(34)42(35)51/h4-27,44H,1-3H3,(H,48,54)(H,49,55)(H,50,53)/b37-24+. The first-order valence-electron chi connectivity index (χ1n) is 18.3. The van der Waals surface area contributed by atoms with Crippen LogP contribution in [-0.4, -0.2) is 50.6 Å². The van der Waals surface area contributed by atoms with Crippen molar-refractivity contribution < 1.29 is 38.2 Å². The lowest BCUT2D eigenvalue weighted by Crippen LogP contribution is -2.30. The summed E-state index contributed by atoms with van der Waals surface area (Å²) < 4.78 is 16.5. The largest absolute Gasteiger partial charge is 0.496 e. The van der Waals surface area contributed by atoms with Crippen molar-refractivity contribution in [2.45, 2.75) is 10.1 Å². The number of ketones is 2.